The Morgan fingerprint density at radius 2 is 2.11 bits per heavy atom. The van der Waals surface area contributed by atoms with Gasteiger partial charge in [0, 0.05) is 19.7 Å². The zero-order valence-corrected chi connectivity index (χ0v) is 12.2. The van der Waals surface area contributed by atoms with Crippen LogP contribution in [0.4, 0.5) is 10.8 Å². The molecule has 1 rings (SSSR count). The summed E-state index contributed by atoms with van der Waals surface area (Å²) < 4.78 is 28.0. The molecule has 0 aliphatic rings. The zero-order chi connectivity index (χ0) is 13.8. The van der Waals surface area contributed by atoms with Crippen molar-refractivity contribution in [3.8, 4) is 0 Å². The molecular formula is C10H19N3O3S2. The molecule has 1 aromatic heterocycles. The molecule has 0 saturated carbocycles. The van der Waals surface area contributed by atoms with Crippen molar-refractivity contribution < 1.29 is 13.5 Å². The molecule has 0 bridgehead atoms. The van der Waals surface area contributed by atoms with Crippen LogP contribution in [0.1, 0.15) is 20.3 Å². The lowest BCUT2D eigenvalue weighted by Gasteiger charge is -2.21. The minimum absolute atomic E-state index is 0.000166. The van der Waals surface area contributed by atoms with Gasteiger partial charge < -0.3 is 15.7 Å². The van der Waals surface area contributed by atoms with E-state index in [0.29, 0.717) is 24.5 Å². The minimum atomic E-state index is -3.38. The lowest BCUT2D eigenvalue weighted by Crippen LogP contribution is -2.25. The van der Waals surface area contributed by atoms with Gasteiger partial charge >= 0.3 is 0 Å². The van der Waals surface area contributed by atoms with Crippen molar-refractivity contribution in [2.75, 3.05) is 36.1 Å². The summed E-state index contributed by atoms with van der Waals surface area (Å²) in [5.41, 5.74) is 5.67. The number of rotatable bonds is 7. The second-order valence-corrected chi connectivity index (χ2v) is 6.73. The van der Waals surface area contributed by atoms with Crippen LogP contribution in [0.5, 0.6) is 0 Å². The van der Waals surface area contributed by atoms with Crippen LogP contribution in [0.3, 0.4) is 0 Å². The van der Waals surface area contributed by atoms with E-state index in [4.69, 9.17) is 10.8 Å². The first kappa shape index (κ1) is 15.2. The molecule has 0 atom stereocenters. The molecule has 0 radical (unpaired) electrons. The summed E-state index contributed by atoms with van der Waals surface area (Å²) in [6.07, 6.45) is 0.581. The number of aliphatic hydroxyl groups excluding tert-OH is 1. The van der Waals surface area contributed by atoms with Crippen molar-refractivity contribution >= 4 is 32.2 Å². The highest BCUT2D eigenvalue weighted by Gasteiger charge is 2.26. The number of anilines is 2. The van der Waals surface area contributed by atoms with Crippen LogP contribution >= 0.6 is 11.5 Å². The van der Waals surface area contributed by atoms with Crippen molar-refractivity contribution in [3.05, 3.63) is 0 Å². The molecular weight excluding hydrogens is 274 g/mol. The summed E-state index contributed by atoms with van der Waals surface area (Å²) in [7, 11) is -3.38. The van der Waals surface area contributed by atoms with Gasteiger partial charge in [0.2, 0.25) is 0 Å². The molecule has 0 aliphatic carbocycles. The van der Waals surface area contributed by atoms with E-state index in [0.717, 1.165) is 11.5 Å². The monoisotopic (exact) mass is 293 g/mol. The van der Waals surface area contributed by atoms with Gasteiger partial charge in [-0.25, -0.2) is 8.42 Å². The molecule has 6 nitrogen and oxygen atoms in total. The molecule has 0 amide bonds. The van der Waals surface area contributed by atoms with Gasteiger partial charge in [0.15, 0.2) is 15.7 Å². The van der Waals surface area contributed by atoms with E-state index in [1.165, 1.54) is 0 Å². The Hall–Kier alpha value is -0.860. The Bertz CT molecular complexity index is 485. The molecule has 0 aliphatic heterocycles. The molecule has 0 unspecified atom stereocenters. The van der Waals surface area contributed by atoms with E-state index in [2.05, 4.69) is 4.37 Å². The summed E-state index contributed by atoms with van der Waals surface area (Å²) in [5, 5.41) is 9.43. The third-order valence-electron chi connectivity index (χ3n) is 2.60. The van der Waals surface area contributed by atoms with Gasteiger partial charge in [0.05, 0.1) is 5.75 Å². The number of sulfone groups is 1. The standard InChI is InChI=1S/C10H19N3O3S2/c1-3-13(6-5-7-14)10-8(9(11)12-17-10)18(15,16)4-2/h14H,3-7H2,1-2H3,(H2,11,12). The quantitative estimate of drug-likeness (QED) is 0.769. The van der Waals surface area contributed by atoms with Crippen LogP contribution in [0, 0.1) is 0 Å². The number of hydrogen-bond donors (Lipinski definition) is 2. The van der Waals surface area contributed by atoms with Crippen molar-refractivity contribution in [3.63, 3.8) is 0 Å². The number of nitrogens with zero attached hydrogens (tertiary/aromatic N) is 2. The predicted octanol–water partition coefficient (Wildman–Crippen LogP) is 0.728. The van der Waals surface area contributed by atoms with Crippen LogP contribution in [-0.2, 0) is 9.84 Å². The van der Waals surface area contributed by atoms with Crippen molar-refractivity contribution in [1.82, 2.24) is 4.37 Å². The molecule has 0 fully saturated rings. The van der Waals surface area contributed by atoms with E-state index < -0.39 is 9.84 Å². The molecule has 0 saturated heterocycles. The fourth-order valence-corrected chi connectivity index (χ4v) is 3.99. The van der Waals surface area contributed by atoms with Crippen molar-refractivity contribution in [2.45, 2.75) is 25.2 Å². The van der Waals surface area contributed by atoms with Gasteiger partial charge in [0.25, 0.3) is 0 Å². The van der Waals surface area contributed by atoms with Gasteiger partial charge in [-0.05, 0) is 24.9 Å². The Morgan fingerprint density at radius 1 is 1.44 bits per heavy atom. The minimum Gasteiger partial charge on any atom is -0.396 e. The van der Waals surface area contributed by atoms with Crippen LogP contribution in [0.15, 0.2) is 4.90 Å². The first-order chi connectivity index (χ1) is 8.47. The average molecular weight is 293 g/mol. The Balaban J connectivity index is 3.17. The van der Waals surface area contributed by atoms with Gasteiger partial charge in [0.1, 0.15) is 9.90 Å². The molecule has 104 valence electrons. The predicted molar refractivity (Wildman–Crippen MR) is 73.8 cm³/mol. The molecule has 8 heteroatoms. The average Bonchev–Trinajstić information content (AvgIpc) is 2.73. The molecule has 0 aromatic carbocycles. The summed E-state index contributed by atoms with van der Waals surface area (Å²) in [6, 6.07) is 0. The van der Waals surface area contributed by atoms with E-state index in [1.807, 2.05) is 11.8 Å². The topological polar surface area (TPSA) is 96.5 Å². The van der Waals surface area contributed by atoms with E-state index in [-0.39, 0.29) is 23.1 Å². The third-order valence-corrected chi connectivity index (χ3v) is 5.44. The second kappa shape index (κ2) is 6.35. The van der Waals surface area contributed by atoms with Gasteiger partial charge in [-0.2, -0.15) is 4.37 Å². The zero-order valence-electron chi connectivity index (χ0n) is 10.6. The summed E-state index contributed by atoms with van der Waals surface area (Å²) in [5.74, 6) is 0.0690. The SMILES string of the molecule is CCN(CCCO)c1snc(N)c1S(=O)(=O)CC. The molecule has 1 aromatic rings. The summed E-state index contributed by atoms with van der Waals surface area (Å²) in [4.78, 5) is 2.02. The van der Waals surface area contributed by atoms with Gasteiger partial charge in [-0.3, -0.25) is 0 Å². The second-order valence-electron chi connectivity index (χ2n) is 3.76. The lowest BCUT2D eigenvalue weighted by atomic mass is 10.4. The van der Waals surface area contributed by atoms with E-state index >= 15 is 0 Å². The Morgan fingerprint density at radius 3 is 2.61 bits per heavy atom. The number of hydrogen-bond acceptors (Lipinski definition) is 7. The molecule has 3 N–H and O–H groups in total. The highest BCUT2D eigenvalue weighted by molar-refractivity contribution is 7.91. The third kappa shape index (κ3) is 3.12. The van der Waals surface area contributed by atoms with E-state index in [9.17, 15) is 8.42 Å². The first-order valence-corrected chi connectivity index (χ1v) is 8.24. The van der Waals surface area contributed by atoms with Gasteiger partial charge in [-0.1, -0.05) is 6.92 Å². The Kier molecular flexibility index (Phi) is 5.36. The summed E-state index contributed by atoms with van der Waals surface area (Å²) >= 11 is 1.09. The fraction of sp³-hybridized carbons (Fsp3) is 0.700. The van der Waals surface area contributed by atoms with Crippen molar-refractivity contribution in [1.29, 1.82) is 0 Å². The first-order valence-electron chi connectivity index (χ1n) is 5.81. The highest BCUT2D eigenvalue weighted by atomic mass is 32.2. The largest absolute Gasteiger partial charge is 0.396 e. The number of nitrogens with two attached hydrogens (primary N) is 1. The normalized spacial score (nSPS) is 11.7. The van der Waals surface area contributed by atoms with Gasteiger partial charge in [-0.15, -0.1) is 0 Å². The number of nitrogen functional groups attached to an aromatic ring is 1. The maximum absolute atomic E-state index is 12.0. The number of aliphatic hydroxyl groups is 1. The Labute approximate surface area is 112 Å². The maximum atomic E-state index is 12.0. The fourth-order valence-electron chi connectivity index (χ4n) is 1.59. The smallest absolute Gasteiger partial charge is 0.184 e. The molecule has 1 heterocycles. The van der Waals surface area contributed by atoms with E-state index in [1.54, 1.807) is 6.92 Å². The summed E-state index contributed by atoms with van der Waals surface area (Å²) in [6.45, 7) is 4.81. The van der Waals surface area contributed by atoms with Crippen molar-refractivity contribution in [2.24, 2.45) is 0 Å². The van der Waals surface area contributed by atoms with Crippen LogP contribution in [0.25, 0.3) is 0 Å². The highest BCUT2D eigenvalue weighted by Crippen LogP contribution is 2.35. The molecule has 18 heavy (non-hydrogen) atoms. The van der Waals surface area contributed by atoms with Crippen LogP contribution in [-0.4, -0.2) is 43.3 Å². The lowest BCUT2D eigenvalue weighted by molar-refractivity contribution is 0.289. The maximum Gasteiger partial charge on any atom is 0.184 e. The molecule has 0 spiro atoms. The van der Waals surface area contributed by atoms with Crippen LogP contribution in [0.2, 0.25) is 0 Å². The number of aromatic nitrogens is 1. The van der Waals surface area contributed by atoms with Crippen LogP contribution < -0.4 is 10.6 Å².